The summed E-state index contributed by atoms with van der Waals surface area (Å²) in [6, 6.07) is 14.2. The van der Waals surface area contributed by atoms with Crippen molar-refractivity contribution < 1.29 is 14.0 Å². The molecule has 1 aliphatic carbocycles. The van der Waals surface area contributed by atoms with Crippen LogP contribution >= 0.6 is 11.8 Å². The molecule has 2 aromatic rings. The Morgan fingerprint density at radius 2 is 1.69 bits per heavy atom. The number of benzene rings is 2. The van der Waals surface area contributed by atoms with Gasteiger partial charge < -0.3 is 10.2 Å². The SMILES string of the molecule is CC[C@@H](C(=O)NC1CCCC1)N(Cc1ccc(C)cc1)C(=O)CSCc1ccc(F)cc1. The summed E-state index contributed by atoms with van der Waals surface area (Å²) in [4.78, 5) is 28.1. The molecule has 0 aromatic heterocycles. The van der Waals surface area contributed by atoms with Crippen LogP contribution in [0.25, 0.3) is 0 Å². The van der Waals surface area contributed by atoms with Crippen LogP contribution in [0.1, 0.15) is 55.7 Å². The Morgan fingerprint density at radius 3 is 2.31 bits per heavy atom. The minimum absolute atomic E-state index is 0.0499. The third kappa shape index (κ3) is 7.09. The van der Waals surface area contributed by atoms with Crippen LogP contribution in [0.3, 0.4) is 0 Å². The van der Waals surface area contributed by atoms with E-state index >= 15 is 0 Å². The first kappa shape index (κ1) is 24.3. The van der Waals surface area contributed by atoms with Gasteiger partial charge in [0.1, 0.15) is 11.9 Å². The molecule has 1 aliphatic rings. The van der Waals surface area contributed by atoms with Crippen molar-refractivity contribution in [2.24, 2.45) is 0 Å². The van der Waals surface area contributed by atoms with Crippen molar-refractivity contribution in [1.29, 1.82) is 0 Å². The number of carbonyl (C=O) groups is 2. The van der Waals surface area contributed by atoms with Crippen LogP contribution in [0.2, 0.25) is 0 Å². The van der Waals surface area contributed by atoms with Crippen molar-refractivity contribution in [1.82, 2.24) is 10.2 Å². The highest BCUT2D eigenvalue weighted by atomic mass is 32.2. The lowest BCUT2D eigenvalue weighted by molar-refractivity contribution is -0.139. The van der Waals surface area contributed by atoms with E-state index < -0.39 is 6.04 Å². The minimum Gasteiger partial charge on any atom is -0.352 e. The van der Waals surface area contributed by atoms with E-state index in [-0.39, 0.29) is 29.4 Å². The van der Waals surface area contributed by atoms with Gasteiger partial charge >= 0.3 is 0 Å². The molecular formula is C26H33FN2O2S. The topological polar surface area (TPSA) is 49.4 Å². The van der Waals surface area contributed by atoms with Gasteiger partial charge in [-0.3, -0.25) is 9.59 Å². The number of amides is 2. The summed E-state index contributed by atoms with van der Waals surface area (Å²) >= 11 is 1.49. The number of aryl methyl sites for hydroxylation is 1. The zero-order chi connectivity index (χ0) is 22.9. The molecule has 32 heavy (non-hydrogen) atoms. The smallest absolute Gasteiger partial charge is 0.243 e. The van der Waals surface area contributed by atoms with Crippen LogP contribution in [0, 0.1) is 12.7 Å². The van der Waals surface area contributed by atoms with Gasteiger partial charge in [-0.15, -0.1) is 11.8 Å². The maximum absolute atomic E-state index is 13.3. The lowest BCUT2D eigenvalue weighted by atomic mass is 10.1. The van der Waals surface area contributed by atoms with Crippen molar-refractivity contribution in [3.05, 3.63) is 71.0 Å². The van der Waals surface area contributed by atoms with Crippen molar-refractivity contribution in [3.8, 4) is 0 Å². The number of hydrogen-bond acceptors (Lipinski definition) is 3. The lowest BCUT2D eigenvalue weighted by Gasteiger charge is -2.31. The van der Waals surface area contributed by atoms with Crippen LogP contribution in [-0.4, -0.2) is 34.6 Å². The summed E-state index contributed by atoms with van der Waals surface area (Å²) in [5.41, 5.74) is 3.15. The third-order valence-electron chi connectivity index (χ3n) is 5.97. The van der Waals surface area contributed by atoms with Crippen LogP contribution in [0.15, 0.2) is 48.5 Å². The molecule has 0 spiro atoms. The molecule has 3 rings (SSSR count). The van der Waals surface area contributed by atoms with Gasteiger partial charge in [0, 0.05) is 18.3 Å². The molecule has 2 amide bonds. The fraction of sp³-hybridized carbons (Fsp3) is 0.462. The molecule has 0 heterocycles. The van der Waals surface area contributed by atoms with Gasteiger partial charge in [-0.1, -0.05) is 61.7 Å². The fourth-order valence-electron chi connectivity index (χ4n) is 4.10. The number of thioether (sulfide) groups is 1. The molecule has 6 heteroatoms. The number of hydrogen-bond donors (Lipinski definition) is 1. The molecule has 0 unspecified atom stereocenters. The first-order valence-electron chi connectivity index (χ1n) is 11.4. The highest BCUT2D eigenvalue weighted by Crippen LogP contribution is 2.21. The third-order valence-corrected chi connectivity index (χ3v) is 6.96. The number of carbonyl (C=O) groups excluding carboxylic acids is 2. The van der Waals surface area contributed by atoms with E-state index in [9.17, 15) is 14.0 Å². The van der Waals surface area contributed by atoms with Crippen LogP contribution < -0.4 is 5.32 Å². The van der Waals surface area contributed by atoms with E-state index in [0.29, 0.717) is 18.7 Å². The highest BCUT2D eigenvalue weighted by Gasteiger charge is 2.30. The Morgan fingerprint density at radius 1 is 1.06 bits per heavy atom. The standard InChI is InChI=1S/C26H33FN2O2S/c1-3-24(26(31)28-23-6-4-5-7-23)29(16-20-10-8-19(2)9-11-20)25(30)18-32-17-21-12-14-22(27)15-13-21/h8-15,23-24H,3-7,16-18H2,1-2H3,(H,28,31)/t24-/m0/s1. The molecule has 1 atom stereocenters. The largest absolute Gasteiger partial charge is 0.352 e. The zero-order valence-electron chi connectivity index (χ0n) is 19.0. The Bertz CT molecular complexity index is 880. The molecule has 172 valence electrons. The Hall–Kier alpha value is -2.34. The molecule has 0 saturated heterocycles. The predicted molar refractivity (Wildman–Crippen MR) is 129 cm³/mol. The average Bonchev–Trinajstić information content (AvgIpc) is 3.29. The van der Waals surface area contributed by atoms with E-state index in [1.54, 1.807) is 17.0 Å². The van der Waals surface area contributed by atoms with E-state index in [1.807, 2.05) is 38.1 Å². The molecule has 1 N–H and O–H groups in total. The number of nitrogens with zero attached hydrogens (tertiary/aromatic N) is 1. The van der Waals surface area contributed by atoms with E-state index in [1.165, 1.54) is 23.9 Å². The van der Waals surface area contributed by atoms with Crippen molar-refractivity contribution in [2.75, 3.05) is 5.75 Å². The maximum atomic E-state index is 13.3. The van der Waals surface area contributed by atoms with E-state index in [4.69, 9.17) is 0 Å². The predicted octanol–water partition coefficient (Wildman–Crippen LogP) is 5.23. The molecule has 0 bridgehead atoms. The summed E-state index contributed by atoms with van der Waals surface area (Å²) in [5.74, 6) is 0.527. The average molecular weight is 457 g/mol. The minimum atomic E-state index is -0.490. The quantitative estimate of drug-likeness (QED) is 0.532. The summed E-state index contributed by atoms with van der Waals surface area (Å²) < 4.78 is 13.1. The molecule has 2 aromatic carbocycles. The number of halogens is 1. The summed E-state index contributed by atoms with van der Waals surface area (Å²) in [6.45, 7) is 4.40. The molecule has 1 fully saturated rings. The second kappa shape index (κ2) is 12.0. The Balaban J connectivity index is 1.68. The monoisotopic (exact) mass is 456 g/mol. The van der Waals surface area contributed by atoms with Gasteiger partial charge in [0.05, 0.1) is 5.75 Å². The van der Waals surface area contributed by atoms with Crippen LogP contribution in [0.4, 0.5) is 4.39 Å². The van der Waals surface area contributed by atoms with Gasteiger partial charge in [-0.05, 0) is 49.4 Å². The number of rotatable bonds is 10. The van der Waals surface area contributed by atoms with Gasteiger partial charge in [0.2, 0.25) is 11.8 Å². The molecule has 0 radical (unpaired) electrons. The summed E-state index contributed by atoms with van der Waals surface area (Å²) in [7, 11) is 0. The van der Waals surface area contributed by atoms with Gasteiger partial charge in [0.25, 0.3) is 0 Å². The summed E-state index contributed by atoms with van der Waals surface area (Å²) in [5, 5.41) is 3.17. The van der Waals surface area contributed by atoms with Crippen molar-refractivity contribution in [2.45, 2.75) is 70.3 Å². The molecule has 1 saturated carbocycles. The normalized spacial score (nSPS) is 14.8. The molecular weight excluding hydrogens is 423 g/mol. The first-order valence-corrected chi connectivity index (χ1v) is 12.6. The maximum Gasteiger partial charge on any atom is 0.243 e. The number of nitrogens with one attached hydrogen (secondary N) is 1. The van der Waals surface area contributed by atoms with Gasteiger partial charge in [0.15, 0.2) is 0 Å². The van der Waals surface area contributed by atoms with Gasteiger partial charge in [-0.2, -0.15) is 0 Å². The second-order valence-corrected chi connectivity index (χ2v) is 9.53. The second-order valence-electron chi connectivity index (χ2n) is 8.54. The van der Waals surface area contributed by atoms with Crippen LogP contribution in [0.5, 0.6) is 0 Å². The van der Waals surface area contributed by atoms with E-state index in [2.05, 4.69) is 5.32 Å². The van der Waals surface area contributed by atoms with Crippen molar-refractivity contribution in [3.63, 3.8) is 0 Å². The lowest BCUT2D eigenvalue weighted by Crippen LogP contribution is -2.51. The Kier molecular flexibility index (Phi) is 9.15. The van der Waals surface area contributed by atoms with Crippen molar-refractivity contribution >= 4 is 23.6 Å². The van der Waals surface area contributed by atoms with E-state index in [0.717, 1.165) is 42.4 Å². The zero-order valence-corrected chi connectivity index (χ0v) is 19.8. The fourth-order valence-corrected chi connectivity index (χ4v) is 4.97. The first-order chi connectivity index (χ1) is 15.5. The Labute approximate surface area is 195 Å². The molecule has 4 nitrogen and oxygen atoms in total. The van der Waals surface area contributed by atoms with Gasteiger partial charge in [-0.25, -0.2) is 4.39 Å². The summed E-state index contributed by atoms with van der Waals surface area (Å²) in [6.07, 6.45) is 4.89. The highest BCUT2D eigenvalue weighted by molar-refractivity contribution is 7.99. The van der Waals surface area contributed by atoms with Crippen LogP contribution in [-0.2, 0) is 21.9 Å². The molecule has 0 aliphatic heterocycles.